The summed E-state index contributed by atoms with van der Waals surface area (Å²) in [6.45, 7) is 11.6. The van der Waals surface area contributed by atoms with E-state index in [1.807, 2.05) is 13.8 Å². The van der Waals surface area contributed by atoms with Gasteiger partial charge in [0, 0.05) is 0 Å². The topological polar surface area (TPSA) is 73.5 Å². The van der Waals surface area contributed by atoms with Crippen LogP contribution in [-0.2, 0) is 0 Å². The molecule has 0 spiro atoms. The summed E-state index contributed by atoms with van der Waals surface area (Å²) in [6.07, 6.45) is 4.60. The summed E-state index contributed by atoms with van der Waals surface area (Å²) in [5.74, 6) is 0. The maximum atomic E-state index is 4.04. The Kier molecular flexibility index (Phi) is 17.3. The van der Waals surface area contributed by atoms with E-state index in [9.17, 15) is 0 Å². The Bertz CT molecular complexity index is 206. The largest absolute Gasteiger partial charge is 0.317 e. The van der Waals surface area contributed by atoms with Gasteiger partial charge in [0.25, 0.3) is 0 Å². The molecule has 0 aliphatic carbocycles. The minimum absolute atomic E-state index is 0.794. The standard InChI is InChI=1S/C14H32N6/c1-3-17-19-13-7-11-15-9-5-6-10-16-12-8-14-20-18-4-2/h15-16H,3-14H2,1-2H3. The van der Waals surface area contributed by atoms with Crippen molar-refractivity contribution in [2.24, 2.45) is 20.5 Å². The van der Waals surface area contributed by atoms with Gasteiger partial charge in [-0.15, -0.1) is 0 Å². The molecule has 0 bridgehead atoms. The number of azo groups is 2. The molecule has 118 valence electrons. The van der Waals surface area contributed by atoms with Gasteiger partial charge in [0.15, 0.2) is 0 Å². The molecule has 6 heteroatoms. The molecule has 0 unspecified atom stereocenters. The maximum absolute atomic E-state index is 4.04. The van der Waals surface area contributed by atoms with Gasteiger partial charge in [0.1, 0.15) is 0 Å². The monoisotopic (exact) mass is 284 g/mol. The van der Waals surface area contributed by atoms with E-state index in [1.165, 1.54) is 12.8 Å². The van der Waals surface area contributed by atoms with Crippen LogP contribution in [0.1, 0.15) is 39.5 Å². The summed E-state index contributed by atoms with van der Waals surface area (Å²) in [4.78, 5) is 0. The zero-order valence-electron chi connectivity index (χ0n) is 13.3. The summed E-state index contributed by atoms with van der Waals surface area (Å²) in [5.41, 5.74) is 0. The van der Waals surface area contributed by atoms with Gasteiger partial charge in [-0.2, -0.15) is 20.5 Å². The van der Waals surface area contributed by atoms with Crippen molar-refractivity contribution >= 4 is 0 Å². The van der Waals surface area contributed by atoms with Crippen LogP contribution in [0, 0.1) is 0 Å². The van der Waals surface area contributed by atoms with Gasteiger partial charge in [0.05, 0.1) is 26.2 Å². The average molecular weight is 284 g/mol. The number of nitrogens with one attached hydrogen (secondary N) is 2. The molecule has 0 saturated carbocycles. The SMILES string of the molecule is CCN=NCCCNCCCCNCCCN=NCC. The molecular weight excluding hydrogens is 252 g/mol. The molecule has 0 aliphatic heterocycles. The van der Waals surface area contributed by atoms with E-state index < -0.39 is 0 Å². The van der Waals surface area contributed by atoms with Gasteiger partial charge in [-0.05, 0) is 65.7 Å². The van der Waals surface area contributed by atoms with E-state index in [-0.39, 0.29) is 0 Å². The number of nitrogens with zero attached hydrogens (tertiary/aromatic N) is 4. The maximum Gasteiger partial charge on any atom is 0.0610 e. The van der Waals surface area contributed by atoms with Crippen LogP contribution >= 0.6 is 0 Å². The molecule has 0 aromatic rings. The molecule has 0 amide bonds. The van der Waals surface area contributed by atoms with Crippen LogP contribution in [0.4, 0.5) is 0 Å². The van der Waals surface area contributed by atoms with Gasteiger partial charge >= 0.3 is 0 Å². The predicted octanol–water partition coefficient (Wildman–Crippen LogP) is 2.67. The highest BCUT2D eigenvalue weighted by Crippen LogP contribution is 1.87. The third kappa shape index (κ3) is 17.1. The number of rotatable bonds is 15. The minimum Gasteiger partial charge on any atom is -0.317 e. The van der Waals surface area contributed by atoms with E-state index in [0.29, 0.717) is 0 Å². The van der Waals surface area contributed by atoms with Gasteiger partial charge in [-0.3, -0.25) is 0 Å². The third-order valence-corrected chi connectivity index (χ3v) is 2.66. The normalized spacial score (nSPS) is 11.9. The van der Waals surface area contributed by atoms with Crippen LogP contribution in [0.5, 0.6) is 0 Å². The van der Waals surface area contributed by atoms with Crippen LogP contribution in [0.3, 0.4) is 0 Å². The predicted molar refractivity (Wildman–Crippen MR) is 84.7 cm³/mol. The van der Waals surface area contributed by atoms with Gasteiger partial charge in [0.2, 0.25) is 0 Å². The summed E-state index contributed by atoms with van der Waals surface area (Å²) in [5, 5.41) is 22.8. The second-order valence-corrected chi connectivity index (χ2v) is 4.56. The molecule has 0 aliphatic rings. The van der Waals surface area contributed by atoms with Crippen molar-refractivity contribution in [2.75, 3.05) is 52.4 Å². The Morgan fingerprint density at radius 2 is 0.950 bits per heavy atom. The van der Waals surface area contributed by atoms with Crippen molar-refractivity contribution < 1.29 is 0 Å². The number of hydrogen-bond donors (Lipinski definition) is 2. The van der Waals surface area contributed by atoms with Gasteiger partial charge in [-0.25, -0.2) is 0 Å². The second-order valence-electron chi connectivity index (χ2n) is 4.56. The molecule has 0 aromatic carbocycles. The first-order chi connectivity index (χ1) is 9.91. The van der Waals surface area contributed by atoms with Crippen LogP contribution in [0.15, 0.2) is 20.5 Å². The van der Waals surface area contributed by atoms with Crippen molar-refractivity contribution in [1.29, 1.82) is 0 Å². The van der Waals surface area contributed by atoms with Crippen LogP contribution < -0.4 is 10.6 Å². The molecule has 0 saturated heterocycles. The van der Waals surface area contributed by atoms with Gasteiger partial charge < -0.3 is 10.6 Å². The summed E-state index contributed by atoms with van der Waals surface area (Å²) in [7, 11) is 0. The van der Waals surface area contributed by atoms with E-state index in [0.717, 1.165) is 65.2 Å². The molecule has 20 heavy (non-hydrogen) atoms. The molecule has 0 aromatic heterocycles. The summed E-state index contributed by atoms with van der Waals surface area (Å²) >= 11 is 0. The summed E-state index contributed by atoms with van der Waals surface area (Å²) in [6, 6.07) is 0. The fourth-order valence-electron chi connectivity index (χ4n) is 1.64. The Labute approximate surface area is 123 Å². The van der Waals surface area contributed by atoms with Crippen molar-refractivity contribution in [1.82, 2.24) is 10.6 Å². The molecule has 0 atom stereocenters. The number of unbranched alkanes of at least 4 members (excludes halogenated alkanes) is 1. The fraction of sp³-hybridized carbons (Fsp3) is 1.00. The number of hydrogen-bond acceptors (Lipinski definition) is 6. The van der Waals surface area contributed by atoms with Crippen molar-refractivity contribution in [2.45, 2.75) is 39.5 Å². The van der Waals surface area contributed by atoms with Crippen LogP contribution in [0.2, 0.25) is 0 Å². The van der Waals surface area contributed by atoms with Gasteiger partial charge in [-0.1, -0.05) is 0 Å². The van der Waals surface area contributed by atoms with Crippen molar-refractivity contribution in [3.63, 3.8) is 0 Å². The third-order valence-electron chi connectivity index (χ3n) is 2.66. The smallest absolute Gasteiger partial charge is 0.0610 e. The lowest BCUT2D eigenvalue weighted by molar-refractivity contribution is 0.567. The Balaban J connectivity index is 2.99. The van der Waals surface area contributed by atoms with E-state index in [4.69, 9.17) is 0 Å². The quantitative estimate of drug-likeness (QED) is 0.358. The fourth-order valence-corrected chi connectivity index (χ4v) is 1.64. The first-order valence-corrected chi connectivity index (χ1v) is 7.99. The lowest BCUT2D eigenvalue weighted by Crippen LogP contribution is -2.21. The molecule has 2 N–H and O–H groups in total. The highest BCUT2D eigenvalue weighted by molar-refractivity contribution is 4.54. The Morgan fingerprint density at radius 3 is 1.35 bits per heavy atom. The van der Waals surface area contributed by atoms with E-state index in [1.54, 1.807) is 0 Å². The second kappa shape index (κ2) is 18.1. The summed E-state index contributed by atoms with van der Waals surface area (Å²) < 4.78 is 0. The highest BCUT2D eigenvalue weighted by Gasteiger charge is 1.91. The van der Waals surface area contributed by atoms with E-state index >= 15 is 0 Å². The first kappa shape index (κ1) is 19.1. The van der Waals surface area contributed by atoms with E-state index in [2.05, 4.69) is 31.1 Å². The Morgan fingerprint density at radius 1 is 0.550 bits per heavy atom. The minimum atomic E-state index is 0.794. The molecule has 0 rings (SSSR count). The lowest BCUT2D eigenvalue weighted by atomic mass is 10.3. The lowest BCUT2D eigenvalue weighted by Gasteiger charge is -2.05. The van der Waals surface area contributed by atoms with Crippen molar-refractivity contribution in [3.8, 4) is 0 Å². The zero-order valence-corrected chi connectivity index (χ0v) is 13.3. The zero-order chi connectivity index (χ0) is 14.7. The average Bonchev–Trinajstić information content (AvgIpc) is 2.47. The molecule has 0 fully saturated rings. The molecule has 0 heterocycles. The molecule has 0 radical (unpaired) electrons. The molecular formula is C14H32N6. The van der Waals surface area contributed by atoms with Crippen LogP contribution in [-0.4, -0.2) is 52.4 Å². The highest BCUT2D eigenvalue weighted by atomic mass is 15.1. The first-order valence-electron chi connectivity index (χ1n) is 7.99. The van der Waals surface area contributed by atoms with Crippen LogP contribution in [0.25, 0.3) is 0 Å². The molecule has 6 nitrogen and oxygen atoms in total. The van der Waals surface area contributed by atoms with Crippen molar-refractivity contribution in [3.05, 3.63) is 0 Å². The Hall–Kier alpha value is -0.880.